The summed E-state index contributed by atoms with van der Waals surface area (Å²) in [6.07, 6.45) is -2.25. The zero-order valence-corrected chi connectivity index (χ0v) is 11.6. The number of alkyl halides is 3. The lowest BCUT2D eigenvalue weighted by molar-refractivity contribution is -0.164. The van der Waals surface area contributed by atoms with Gasteiger partial charge in [-0.3, -0.25) is 9.48 Å². The molecule has 1 N–H and O–H groups in total. The van der Waals surface area contributed by atoms with Crippen LogP contribution >= 0.6 is 0 Å². The van der Waals surface area contributed by atoms with Crippen LogP contribution in [0.3, 0.4) is 0 Å². The normalized spacial score (nSPS) is 12.9. The highest BCUT2D eigenvalue weighted by atomic mass is 19.4. The van der Waals surface area contributed by atoms with Crippen LogP contribution in [0.5, 0.6) is 0 Å². The molecule has 0 aliphatic heterocycles. The van der Waals surface area contributed by atoms with Gasteiger partial charge in [-0.1, -0.05) is 12.1 Å². The minimum atomic E-state index is -4.96. The number of hydrogen-bond donors (Lipinski definition) is 1. The summed E-state index contributed by atoms with van der Waals surface area (Å²) in [6.45, 7) is 0.0645. The number of amides is 1. The third-order valence-electron chi connectivity index (χ3n) is 3.05. The number of hydrogen-bond acceptors (Lipinski definition) is 2. The van der Waals surface area contributed by atoms with Crippen molar-refractivity contribution < 1.29 is 26.7 Å². The molecule has 1 aromatic heterocycles. The quantitative estimate of drug-likeness (QED) is 0.855. The molecule has 1 aromatic carbocycles. The Bertz CT molecular complexity index is 670. The molecule has 0 spiro atoms. The van der Waals surface area contributed by atoms with Gasteiger partial charge < -0.3 is 5.32 Å². The first-order chi connectivity index (χ1) is 10.8. The Kier molecular flexibility index (Phi) is 4.97. The molecule has 9 heteroatoms. The molecule has 0 radical (unpaired) electrons. The summed E-state index contributed by atoms with van der Waals surface area (Å²) < 4.78 is 67.3. The number of carbonyl (C=O) groups excluding carboxylic acids is 1. The molecule has 2 rings (SSSR count). The van der Waals surface area contributed by atoms with E-state index in [4.69, 9.17) is 0 Å². The molecule has 0 aliphatic rings. The number of aryl methyl sites for hydroxylation is 1. The number of nitrogens with zero attached hydrogens (tertiary/aromatic N) is 2. The molecule has 124 valence electrons. The van der Waals surface area contributed by atoms with Crippen molar-refractivity contribution in [3.8, 4) is 0 Å². The molecule has 23 heavy (non-hydrogen) atoms. The number of nitrogens with one attached hydrogen (secondary N) is 1. The summed E-state index contributed by atoms with van der Waals surface area (Å²) >= 11 is 0. The first-order valence-electron chi connectivity index (χ1n) is 6.56. The smallest absolute Gasteiger partial charge is 0.341 e. The van der Waals surface area contributed by atoms with Crippen LogP contribution in [0.4, 0.5) is 22.0 Å². The lowest BCUT2D eigenvalue weighted by atomic mass is 10.1. The Morgan fingerprint density at radius 2 is 2.00 bits per heavy atom. The highest BCUT2D eigenvalue weighted by molar-refractivity contribution is 5.76. The van der Waals surface area contributed by atoms with E-state index in [0.29, 0.717) is 6.07 Å². The largest absolute Gasteiger partial charge is 0.412 e. The van der Waals surface area contributed by atoms with E-state index in [1.54, 1.807) is 17.6 Å². The molecule has 2 aromatic rings. The fraction of sp³-hybridized carbons (Fsp3) is 0.286. The zero-order valence-electron chi connectivity index (χ0n) is 11.6. The molecule has 0 fully saturated rings. The van der Waals surface area contributed by atoms with Crippen LogP contribution in [0, 0.1) is 11.6 Å². The third-order valence-corrected chi connectivity index (χ3v) is 3.05. The fourth-order valence-electron chi connectivity index (χ4n) is 1.96. The summed E-state index contributed by atoms with van der Waals surface area (Å²) in [7, 11) is 0. The average Bonchev–Trinajstić information content (AvgIpc) is 2.98. The standard InChI is InChI=1S/C14H12F5N3O/c15-10-4-1-3-9(12(10)16)13(14(17,18)19)21-11(23)5-8-22-7-2-6-20-22/h1-4,6-7,13H,5,8H2,(H,21,23)/t13-/m0/s1. The maximum atomic E-state index is 13.6. The van der Waals surface area contributed by atoms with Crippen molar-refractivity contribution >= 4 is 5.91 Å². The number of carbonyl (C=O) groups is 1. The summed E-state index contributed by atoms with van der Waals surface area (Å²) in [5.74, 6) is -4.00. The van der Waals surface area contributed by atoms with Crippen molar-refractivity contribution in [1.29, 1.82) is 0 Å². The van der Waals surface area contributed by atoms with Gasteiger partial charge in [-0.05, 0) is 12.1 Å². The van der Waals surface area contributed by atoms with Crippen molar-refractivity contribution in [1.82, 2.24) is 15.1 Å². The highest BCUT2D eigenvalue weighted by Gasteiger charge is 2.43. The Morgan fingerprint density at radius 1 is 1.26 bits per heavy atom. The molecular formula is C14H12F5N3O. The number of halogens is 5. The Morgan fingerprint density at radius 3 is 2.61 bits per heavy atom. The van der Waals surface area contributed by atoms with Crippen LogP contribution in [-0.2, 0) is 11.3 Å². The highest BCUT2D eigenvalue weighted by Crippen LogP contribution is 2.34. The Hall–Kier alpha value is -2.45. The van der Waals surface area contributed by atoms with Gasteiger partial charge in [-0.2, -0.15) is 18.3 Å². The number of benzene rings is 1. The number of rotatable bonds is 5. The molecular weight excluding hydrogens is 321 g/mol. The minimum absolute atomic E-state index is 0.0645. The Balaban J connectivity index is 2.13. The van der Waals surface area contributed by atoms with E-state index in [-0.39, 0.29) is 13.0 Å². The molecule has 1 atom stereocenters. The van der Waals surface area contributed by atoms with Crippen molar-refractivity contribution in [2.24, 2.45) is 0 Å². The van der Waals surface area contributed by atoms with Crippen molar-refractivity contribution in [2.45, 2.75) is 25.2 Å². The minimum Gasteiger partial charge on any atom is -0.341 e. The SMILES string of the molecule is O=C(CCn1cccn1)N[C@@H](c1cccc(F)c1F)C(F)(F)F. The van der Waals surface area contributed by atoms with Gasteiger partial charge in [0.15, 0.2) is 17.7 Å². The van der Waals surface area contributed by atoms with Gasteiger partial charge in [0.25, 0.3) is 0 Å². The lowest BCUT2D eigenvalue weighted by Gasteiger charge is -2.22. The molecule has 0 unspecified atom stereocenters. The van der Waals surface area contributed by atoms with Gasteiger partial charge in [0, 0.05) is 30.9 Å². The summed E-state index contributed by atoms with van der Waals surface area (Å²) in [5.41, 5.74) is -0.968. The van der Waals surface area contributed by atoms with Gasteiger partial charge in [0.2, 0.25) is 5.91 Å². The van der Waals surface area contributed by atoms with E-state index in [1.165, 1.54) is 10.9 Å². The van der Waals surface area contributed by atoms with Crippen molar-refractivity contribution in [3.05, 3.63) is 53.9 Å². The van der Waals surface area contributed by atoms with E-state index in [1.807, 2.05) is 0 Å². The van der Waals surface area contributed by atoms with E-state index >= 15 is 0 Å². The van der Waals surface area contributed by atoms with Crippen LogP contribution in [0.25, 0.3) is 0 Å². The summed E-state index contributed by atoms with van der Waals surface area (Å²) in [6, 6.07) is 1.40. The van der Waals surface area contributed by atoms with Crippen LogP contribution in [0.1, 0.15) is 18.0 Å². The van der Waals surface area contributed by atoms with Gasteiger partial charge in [0.05, 0.1) is 0 Å². The summed E-state index contributed by atoms with van der Waals surface area (Å²) in [4.78, 5) is 11.7. The molecule has 1 heterocycles. The molecule has 0 bridgehead atoms. The van der Waals surface area contributed by atoms with E-state index in [9.17, 15) is 26.7 Å². The van der Waals surface area contributed by atoms with Gasteiger partial charge >= 0.3 is 6.18 Å². The second-order valence-electron chi connectivity index (χ2n) is 4.70. The van der Waals surface area contributed by atoms with Crippen molar-refractivity contribution in [2.75, 3.05) is 0 Å². The average molecular weight is 333 g/mol. The van der Waals surface area contributed by atoms with Crippen LogP contribution < -0.4 is 5.32 Å². The Labute approximate surface area is 127 Å². The lowest BCUT2D eigenvalue weighted by Crippen LogP contribution is -2.39. The van der Waals surface area contributed by atoms with Crippen LogP contribution in [-0.4, -0.2) is 21.9 Å². The first kappa shape index (κ1) is 16.9. The van der Waals surface area contributed by atoms with Gasteiger partial charge in [0.1, 0.15) is 0 Å². The van der Waals surface area contributed by atoms with Gasteiger partial charge in [-0.15, -0.1) is 0 Å². The number of aromatic nitrogens is 2. The molecule has 0 aliphatic carbocycles. The monoisotopic (exact) mass is 333 g/mol. The van der Waals surface area contributed by atoms with E-state index in [2.05, 4.69) is 5.10 Å². The predicted octanol–water partition coefficient (Wildman–Crippen LogP) is 2.97. The molecule has 1 amide bonds. The molecule has 4 nitrogen and oxygen atoms in total. The third kappa shape index (κ3) is 4.27. The second-order valence-corrected chi connectivity index (χ2v) is 4.70. The predicted molar refractivity (Wildman–Crippen MR) is 70.1 cm³/mol. The first-order valence-corrected chi connectivity index (χ1v) is 6.56. The van der Waals surface area contributed by atoms with E-state index in [0.717, 1.165) is 12.1 Å². The van der Waals surface area contributed by atoms with E-state index < -0.39 is 35.3 Å². The van der Waals surface area contributed by atoms with Gasteiger partial charge in [-0.25, -0.2) is 8.78 Å². The molecule has 0 saturated carbocycles. The second kappa shape index (κ2) is 6.76. The summed E-state index contributed by atoms with van der Waals surface area (Å²) in [5, 5.41) is 5.50. The fourth-order valence-corrected chi connectivity index (χ4v) is 1.96. The zero-order chi connectivity index (χ0) is 17.0. The van der Waals surface area contributed by atoms with Crippen molar-refractivity contribution in [3.63, 3.8) is 0 Å². The molecule has 0 saturated heterocycles. The maximum Gasteiger partial charge on any atom is 0.412 e. The maximum absolute atomic E-state index is 13.6. The topological polar surface area (TPSA) is 46.9 Å². The van der Waals surface area contributed by atoms with Crippen LogP contribution in [0.2, 0.25) is 0 Å². The van der Waals surface area contributed by atoms with Crippen LogP contribution in [0.15, 0.2) is 36.7 Å².